The minimum Gasteiger partial charge on any atom is -0.465 e. The summed E-state index contributed by atoms with van der Waals surface area (Å²) in [7, 11) is 0. The van der Waals surface area contributed by atoms with Crippen LogP contribution in [0.1, 0.15) is 75.2 Å². The summed E-state index contributed by atoms with van der Waals surface area (Å²) in [5, 5.41) is 2.76. The highest BCUT2D eigenvalue weighted by molar-refractivity contribution is 5.95. The number of carbonyl (C=O) groups excluding carboxylic acids is 4. The molecule has 39 heavy (non-hydrogen) atoms. The van der Waals surface area contributed by atoms with E-state index >= 15 is 0 Å². The second-order valence-electron chi connectivity index (χ2n) is 11.2. The van der Waals surface area contributed by atoms with Crippen LogP contribution in [-0.4, -0.2) is 78.6 Å². The zero-order valence-electron chi connectivity index (χ0n) is 23.5. The van der Waals surface area contributed by atoms with E-state index in [2.05, 4.69) is 11.2 Å². The maximum Gasteiger partial charge on any atom is 0.410 e. The van der Waals surface area contributed by atoms with Gasteiger partial charge in [-0.1, -0.05) is 18.1 Å². The lowest BCUT2D eigenvalue weighted by Gasteiger charge is -2.34. The van der Waals surface area contributed by atoms with E-state index in [1.54, 1.807) is 16.7 Å². The highest BCUT2D eigenvalue weighted by atomic mass is 16.6. The maximum absolute atomic E-state index is 13.4. The Morgan fingerprint density at radius 2 is 1.82 bits per heavy atom. The number of ether oxygens (including phenoxy) is 2. The first-order valence-electron chi connectivity index (χ1n) is 13.8. The molecule has 1 aromatic rings. The van der Waals surface area contributed by atoms with Gasteiger partial charge in [0.15, 0.2) is 0 Å². The summed E-state index contributed by atoms with van der Waals surface area (Å²) in [4.78, 5) is 54.0. The molecule has 0 bridgehead atoms. The molecule has 0 unspecified atom stereocenters. The third-order valence-corrected chi connectivity index (χ3v) is 7.08. The summed E-state index contributed by atoms with van der Waals surface area (Å²) in [6.07, 6.45) is 8.11. The molecular weight excluding hydrogens is 498 g/mol. The Hall–Kier alpha value is -3.54. The molecule has 0 aliphatic carbocycles. The van der Waals surface area contributed by atoms with E-state index in [9.17, 15) is 19.2 Å². The van der Waals surface area contributed by atoms with Crippen LogP contribution in [0, 0.1) is 24.2 Å². The number of hydrogen-bond donors (Lipinski definition) is 1. The van der Waals surface area contributed by atoms with Gasteiger partial charge in [0.05, 0.1) is 12.5 Å². The summed E-state index contributed by atoms with van der Waals surface area (Å²) in [5.41, 5.74) is 1.15. The molecular formula is C30H41N3O6. The van der Waals surface area contributed by atoms with Crippen LogP contribution in [-0.2, 0) is 19.1 Å². The second-order valence-corrected chi connectivity index (χ2v) is 11.2. The van der Waals surface area contributed by atoms with Gasteiger partial charge in [-0.3, -0.25) is 14.4 Å². The lowest BCUT2D eigenvalue weighted by atomic mass is 9.88. The smallest absolute Gasteiger partial charge is 0.410 e. The van der Waals surface area contributed by atoms with Crippen LogP contribution in [0.5, 0.6) is 0 Å². The molecule has 2 aliphatic rings. The molecule has 1 aromatic carbocycles. The summed E-state index contributed by atoms with van der Waals surface area (Å²) in [5.74, 6) is 0.548. The molecule has 3 amide bonds. The number of likely N-dealkylation sites (tertiary alicyclic amines) is 2. The minimum atomic E-state index is -0.839. The third kappa shape index (κ3) is 8.47. The van der Waals surface area contributed by atoms with Crippen molar-refractivity contribution in [1.82, 2.24) is 15.1 Å². The van der Waals surface area contributed by atoms with Crippen LogP contribution >= 0.6 is 0 Å². The van der Waals surface area contributed by atoms with Crippen LogP contribution in [0.25, 0.3) is 0 Å². The van der Waals surface area contributed by atoms with Gasteiger partial charge in [-0.15, -0.1) is 6.42 Å². The van der Waals surface area contributed by atoms with Crippen molar-refractivity contribution in [3.63, 3.8) is 0 Å². The zero-order valence-corrected chi connectivity index (χ0v) is 23.5. The highest BCUT2D eigenvalue weighted by Crippen LogP contribution is 2.30. The molecule has 9 heteroatoms. The Bertz CT molecular complexity index is 1080. The van der Waals surface area contributed by atoms with Crippen LogP contribution in [0.2, 0.25) is 0 Å². The maximum atomic E-state index is 13.4. The summed E-state index contributed by atoms with van der Waals surface area (Å²) < 4.78 is 10.4. The molecule has 1 N–H and O–H groups in total. The Morgan fingerprint density at radius 3 is 2.46 bits per heavy atom. The fraction of sp³-hybridized carbons (Fsp3) is 0.600. The number of rotatable bonds is 7. The van der Waals surface area contributed by atoms with Gasteiger partial charge >= 0.3 is 12.1 Å². The lowest BCUT2D eigenvalue weighted by Crippen LogP contribution is -2.46. The number of esters is 1. The number of nitrogens with zero attached hydrogens (tertiary/aromatic N) is 2. The van der Waals surface area contributed by atoms with E-state index in [0.717, 1.165) is 18.4 Å². The number of terminal acetylenes is 1. The molecule has 2 heterocycles. The lowest BCUT2D eigenvalue weighted by molar-refractivity contribution is -0.145. The Balaban J connectivity index is 1.56. The van der Waals surface area contributed by atoms with Crippen molar-refractivity contribution >= 4 is 23.9 Å². The topological polar surface area (TPSA) is 105 Å². The Morgan fingerprint density at radius 1 is 1.10 bits per heavy atom. The molecule has 2 atom stereocenters. The average molecular weight is 540 g/mol. The fourth-order valence-electron chi connectivity index (χ4n) is 5.01. The molecule has 2 aliphatic heterocycles. The normalized spacial score (nSPS) is 19.0. The first-order chi connectivity index (χ1) is 18.5. The van der Waals surface area contributed by atoms with Crippen molar-refractivity contribution in [2.24, 2.45) is 11.8 Å². The zero-order chi connectivity index (χ0) is 28.6. The quantitative estimate of drug-likeness (QED) is 0.420. The molecule has 0 spiro atoms. The average Bonchev–Trinajstić information content (AvgIpc) is 2.92. The summed E-state index contributed by atoms with van der Waals surface area (Å²) >= 11 is 0. The van der Waals surface area contributed by atoms with E-state index in [1.165, 1.54) is 0 Å². The molecule has 0 aromatic heterocycles. The SMILES string of the molecule is C#C[C@@H](CNC(=O)[C@@H]1CCCN(C(=O)c2cccc(C3CCN(C(=O)OC(C)(C)C)CC3)c2)C1)C(=O)OCC. The van der Waals surface area contributed by atoms with Crippen LogP contribution < -0.4 is 5.32 Å². The van der Waals surface area contributed by atoms with Crippen molar-refractivity contribution in [2.75, 3.05) is 39.3 Å². The van der Waals surface area contributed by atoms with Gasteiger partial charge in [0.2, 0.25) is 5.91 Å². The molecule has 9 nitrogen and oxygen atoms in total. The number of carbonyl (C=O) groups is 4. The number of hydrogen-bond acceptors (Lipinski definition) is 6. The van der Waals surface area contributed by atoms with Gasteiger partial charge in [0.25, 0.3) is 5.91 Å². The van der Waals surface area contributed by atoms with Crippen molar-refractivity contribution in [3.05, 3.63) is 35.4 Å². The first kappa shape index (κ1) is 30.0. The van der Waals surface area contributed by atoms with Crippen molar-refractivity contribution in [1.29, 1.82) is 0 Å². The van der Waals surface area contributed by atoms with Crippen molar-refractivity contribution in [3.8, 4) is 12.3 Å². The second kappa shape index (κ2) is 13.5. The van der Waals surface area contributed by atoms with Crippen molar-refractivity contribution in [2.45, 2.75) is 64.9 Å². The van der Waals surface area contributed by atoms with Crippen LogP contribution in [0.4, 0.5) is 4.79 Å². The standard InChI is InChI=1S/C30H41N3O6/c1-6-21(28(36)38-7-2)19-31-26(34)25-12-9-15-33(20-25)27(35)24-11-8-10-23(18-24)22-13-16-32(17-14-22)29(37)39-30(3,4)5/h1,8,10-11,18,21-22,25H,7,9,12-17,19-20H2,2-5H3,(H,31,34)/t21-,25+/m0/s1. The summed E-state index contributed by atoms with van der Waals surface area (Å²) in [6, 6.07) is 7.67. The number of benzene rings is 1. The minimum absolute atomic E-state index is 0.00734. The number of piperidine rings is 2. The Labute approximate surface area is 231 Å². The summed E-state index contributed by atoms with van der Waals surface area (Å²) in [6.45, 7) is 9.61. The molecule has 212 valence electrons. The number of amides is 3. The number of nitrogens with one attached hydrogen (secondary N) is 1. The molecule has 2 saturated heterocycles. The molecule has 3 rings (SSSR count). The van der Waals surface area contributed by atoms with E-state index in [0.29, 0.717) is 44.6 Å². The highest BCUT2D eigenvalue weighted by Gasteiger charge is 2.31. The third-order valence-electron chi connectivity index (χ3n) is 7.08. The predicted octanol–water partition coefficient (Wildman–Crippen LogP) is 3.58. The van der Waals surface area contributed by atoms with E-state index in [-0.39, 0.29) is 42.9 Å². The van der Waals surface area contributed by atoms with Gasteiger partial charge in [0, 0.05) is 38.3 Å². The molecule has 0 radical (unpaired) electrons. The first-order valence-corrected chi connectivity index (χ1v) is 13.8. The van der Waals surface area contributed by atoms with Crippen LogP contribution in [0.15, 0.2) is 24.3 Å². The van der Waals surface area contributed by atoms with Crippen LogP contribution in [0.3, 0.4) is 0 Å². The predicted molar refractivity (Wildman–Crippen MR) is 147 cm³/mol. The molecule has 2 fully saturated rings. The fourth-order valence-corrected chi connectivity index (χ4v) is 5.01. The van der Waals surface area contributed by atoms with E-state index in [4.69, 9.17) is 15.9 Å². The van der Waals surface area contributed by atoms with Gasteiger partial charge in [-0.05, 0) is 77.0 Å². The largest absolute Gasteiger partial charge is 0.465 e. The van der Waals surface area contributed by atoms with E-state index < -0.39 is 17.5 Å². The van der Waals surface area contributed by atoms with Gasteiger partial charge < -0.3 is 24.6 Å². The Kier molecular flexibility index (Phi) is 10.4. The van der Waals surface area contributed by atoms with Gasteiger partial charge in [-0.25, -0.2) is 4.79 Å². The monoisotopic (exact) mass is 539 g/mol. The molecule has 0 saturated carbocycles. The van der Waals surface area contributed by atoms with Crippen molar-refractivity contribution < 1.29 is 28.7 Å². The van der Waals surface area contributed by atoms with E-state index in [1.807, 2.05) is 45.0 Å². The van der Waals surface area contributed by atoms with Gasteiger partial charge in [-0.2, -0.15) is 0 Å². The van der Waals surface area contributed by atoms with Gasteiger partial charge in [0.1, 0.15) is 11.5 Å².